The summed E-state index contributed by atoms with van der Waals surface area (Å²) >= 11 is 5.73. The molecule has 8 heteroatoms. The molecular weight excluding hydrogens is 323 g/mol. The van der Waals surface area contributed by atoms with Crippen molar-refractivity contribution in [2.45, 2.75) is 12.5 Å². The number of aromatic nitrogens is 3. The smallest absolute Gasteiger partial charge is 0.273 e. The van der Waals surface area contributed by atoms with E-state index in [-0.39, 0.29) is 35.0 Å². The van der Waals surface area contributed by atoms with Gasteiger partial charge in [-0.25, -0.2) is 9.07 Å². The van der Waals surface area contributed by atoms with Gasteiger partial charge in [-0.3, -0.25) is 4.79 Å². The number of nitrogens with zero attached hydrogens (tertiary/aromatic N) is 3. The van der Waals surface area contributed by atoms with E-state index in [0.717, 1.165) is 4.68 Å². The highest BCUT2D eigenvalue weighted by atomic mass is 35.5. The lowest BCUT2D eigenvalue weighted by atomic mass is 10.1. The Balaban J connectivity index is 1.73. The molecule has 0 saturated heterocycles. The summed E-state index contributed by atoms with van der Waals surface area (Å²) in [6.07, 6.45) is 5.68. The van der Waals surface area contributed by atoms with Gasteiger partial charge in [0.2, 0.25) is 0 Å². The molecule has 1 aromatic heterocycles. The lowest BCUT2D eigenvalue weighted by Crippen LogP contribution is -2.33. The third-order valence-corrected chi connectivity index (χ3v) is 3.92. The molecule has 2 atom stereocenters. The SMILES string of the molecule is O=C(N[C@@H]1C=C[C@H](CO)C1)c1cn(-c2cccc(Cl)c2F)nn1. The second-order valence-corrected chi connectivity index (χ2v) is 5.67. The van der Waals surface area contributed by atoms with Gasteiger partial charge in [-0.05, 0) is 18.6 Å². The Hall–Kier alpha value is -2.25. The summed E-state index contributed by atoms with van der Waals surface area (Å²) in [4.78, 5) is 12.1. The van der Waals surface area contributed by atoms with Gasteiger partial charge in [0.25, 0.3) is 5.91 Å². The molecule has 1 amide bonds. The minimum atomic E-state index is -0.629. The van der Waals surface area contributed by atoms with Gasteiger partial charge in [0.15, 0.2) is 11.5 Å². The molecular formula is C15H14ClFN4O2. The Morgan fingerprint density at radius 1 is 1.48 bits per heavy atom. The van der Waals surface area contributed by atoms with Gasteiger partial charge in [0, 0.05) is 18.6 Å². The molecule has 3 rings (SSSR count). The van der Waals surface area contributed by atoms with E-state index in [1.165, 1.54) is 18.3 Å². The standard InChI is InChI=1S/C15H14ClFN4O2/c16-11-2-1-3-13(14(11)17)21-7-12(19-20-21)15(23)18-10-5-4-9(6-10)8-22/h1-5,7,9-10,22H,6,8H2,(H,18,23)/t9-,10+/m0/s1. The van der Waals surface area contributed by atoms with Crippen molar-refractivity contribution in [3.63, 3.8) is 0 Å². The lowest BCUT2D eigenvalue weighted by Gasteiger charge is -2.11. The molecule has 0 bridgehead atoms. The Morgan fingerprint density at radius 3 is 3.04 bits per heavy atom. The summed E-state index contributed by atoms with van der Waals surface area (Å²) in [5.74, 6) is -0.987. The number of amides is 1. The highest BCUT2D eigenvalue weighted by molar-refractivity contribution is 6.30. The van der Waals surface area contributed by atoms with Gasteiger partial charge in [-0.2, -0.15) is 0 Å². The number of hydrogen-bond donors (Lipinski definition) is 2. The third kappa shape index (κ3) is 3.25. The number of halogens is 2. The molecule has 0 aliphatic heterocycles. The normalized spacial score (nSPS) is 20.0. The molecule has 6 nitrogen and oxygen atoms in total. The first kappa shape index (κ1) is 15.6. The molecule has 2 aromatic rings. The van der Waals surface area contributed by atoms with Gasteiger partial charge < -0.3 is 10.4 Å². The maximum atomic E-state index is 14.0. The quantitative estimate of drug-likeness (QED) is 0.833. The van der Waals surface area contributed by atoms with Crippen molar-refractivity contribution in [1.82, 2.24) is 20.3 Å². The second-order valence-electron chi connectivity index (χ2n) is 5.26. The highest BCUT2D eigenvalue weighted by Crippen LogP contribution is 2.21. The van der Waals surface area contributed by atoms with Crippen LogP contribution in [0, 0.1) is 11.7 Å². The van der Waals surface area contributed by atoms with E-state index in [0.29, 0.717) is 6.42 Å². The van der Waals surface area contributed by atoms with Crippen molar-refractivity contribution >= 4 is 17.5 Å². The fraction of sp³-hybridized carbons (Fsp3) is 0.267. The van der Waals surface area contributed by atoms with E-state index in [9.17, 15) is 9.18 Å². The lowest BCUT2D eigenvalue weighted by molar-refractivity contribution is 0.0936. The van der Waals surface area contributed by atoms with Crippen molar-refractivity contribution in [2.24, 2.45) is 5.92 Å². The van der Waals surface area contributed by atoms with Crippen LogP contribution in [-0.4, -0.2) is 38.7 Å². The first-order valence-corrected chi connectivity index (χ1v) is 7.43. The molecule has 1 aliphatic carbocycles. The fourth-order valence-corrected chi connectivity index (χ4v) is 2.58. The topological polar surface area (TPSA) is 80.0 Å². The molecule has 0 saturated carbocycles. The summed E-state index contributed by atoms with van der Waals surface area (Å²) in [6.45, 7) is 0.0487. The zero-order valence-corrected chi connectivity index (χ0v) is 12.7. The van der Waals surface area contributed by atoms with Crippen LogP contribution >= 0.6 is 11.6 Å². The number of benzene rings is 1. The molecule has 120 valence electrons. The zero-order chi connectivity index (χ0) is 16.4. The van der Waals surface area contributed by atoms with E-state index >= 15 is 0 Å². The average Bonchev–Trinajstić information content (AvgIpc) is 3.19. The number of rotatable bonds is 4. The second kappa shape index (κ2) is 6.47. The fourth-order valence-electron chi connectivity index (χ4n) is 2.41. The van der Waals surface area contributed by atoms with Crippen LogP contribution in [0.15, 0.2) is 36.5 Å². The number of hydrogen-bond acceptors (Lipinski definition) is 4. The highest BCUT2D eigenvalue weighted by Gasteiger charge is 2.22. The maximum absolute atomic E-state index is 14.0. The van der Waals surface area contributed by atoms with E-state index in [1.54, 1.807) is 6.07 Å². The van der Waals surface area contributed by atoms with Gasteiger partial charge in [0.05, 0.1) is 11.2 Å². The summed E-state index contributed by atoms with van der Waals surface area (Å²) in [7, 11) is 0. The number of carbonyl (C=O) groups excluding carboxylic acids is 1. The number of carbonyl (C=O) groups is 1. The van der Waals surface area contributed by atoms with Gasteiger partial charge in [-0.1, -0.05) is 35.0 Å². The molecule has 23 heavy (non-hydrogen) atoms. The molecule has 1 aliphatic rings. The van der Waals surface area contributed by atoms with Crippen molar-refractivity contribution in [2.75, 3.05) is 6.61 Å². The van der Waals surface area contributed by atoms with Crippen molar-refractivity contribution in [1.29, 1.82) is 0 Å². The monoisotopic (exact) mass is 336 g/mol. The van der Waals surface area contributed by atoms with Crippen LogP contribution in [0.1, 0.15) is 16.9 Å². The number of aliphatic hydroxyl groups is 1. The molecule has 0 fully saturated rings. The third-order valence-electron chi connectivity index (χ3n) is 3.63. The average molecular weight is 337 g/mol. The molecule has 0 unspecified atom stereocenters. The summed E-state index contributed by atoms with van der Waals surface area (Å²) < 4.78 is 15.1. The van der Waals surface area contributed by atoms with E-state index in [1.807, 2.05) is 12.2 Å². The predicted molar refractivity (Wildman–Crippen MR) is 81.9 cm³/mol. The Morgan fingerprint density at radius 2 is 2.30 bits per heavy atom. The van der Waals surface area contributed by atoms with Crippen LogP contribution in [0.2, 0.25) is 5.02 Å². The Bertz CT molecular complexity index is 762. The summed E-state index contributed by atoms with van der Waals surface area (Å²) in [6, 6.07) is 4.34. The minimum absolute atomic E-state index is 0.0323. The van der Waals surface area contributed by atoms with Crippen molar-refractivity contribution in [3.05, 3.63) is 53.1 Å². The van der Waals surface area contributed by atoms with Crippen LogP contribution in [-0.2, 0) is 0 Å². The summed E-state index contributed by atoms with van der Waals surface area (Å²) in [5.41, 5.74) is 0.190. The van der Waals surface area contributed by atoms with E-state index in [2.05, 4.69) is 15.6 Å². The van der Waals surface area contributed by atoms with Crippen LogP contribution in [0.25, 0.3) is 5.69 Å². The molecule has 1 aromatic carbocycles. The van der Waals surface area contributed by atoms with Crippen LogP contribution in [0.5, 0.6) is 0 Å². The Labute approximate surface area is 136 Å². The van der Waals surface area contributed by atoms with E-state index < -0.39 is 11.7 Å². The minimum Gasteiger partial charge on any atom is -0.396 e. The van der Waals surface area contributed by atoms with E-state index in [4.69, 9.17) is 16.7 Å². The molecule has 2 N–H and O–H groups in total. The van der Waals surface area contributed by atoms with Crippen LogP contribution in [0.4, 0.5) is 4.39 Å². The first-order valence-electron chi connectivity index (χ1n) is 7.05. The Kier molecular flexibility index (Phi) is 4.40. The van der Waals surface area contributed by atoms with Gasteiger partial charge in [0.1, 0.15) is 5.69 Å². The predicted octanol–water partition coefficient (Wildman–Crippen LogP) is 1.73. The van der Waals surface area contributed by atoms with Gasteiger partial charge in [-0.15, -0.1) is 5.10 Å². The molecule has 1 heterocycles. The van der Waals surface area contributed by atoms with Crippen molar-refractivity contribution in [3.8, 4) is 5.69 Å². The molecule has 0 spiro atoms. The van der Waals surface area contributed by atoms with Crippen molar-refractivity contribution < 1.29 is 14.3 Å². The maximum Gasteiger partial charge on any atom is 0.273 e. The zero-order valence-electron chi connectivity index (χ0n) is 12.0. The number of nitrogens with one attached hydrogen (secondary N) is 1. The van der Waals surface area contributed by atoms with Gasteiger partial charge >= 0.3 is 0 Å². The van der Waals surface area contributed by atoms with Crippen LogP contribution in [0.3, 0.4) is 0 Å². The van der Waals surface area contributed by atoms with Crippen LogP contribution < -0.4 is 5.32 Å². The molecule has 0 radical (unpaired) electrons. The summed E-state index contributed by atoms with van der Waals surface area (Å²) in [5, 5.41) is 19.3. The first-order chi connectivity index (χ1) is 11.1. The largest absolute Gasteiger partial charge is 0.396 e. The number of aliphatic hydroxyl groups excluding tert-OH is 1.